The topological polar surface area (TPSA) is 50.2 Å². The zero-order valence-corrected chi connectivity index (χ0v) is 13.0. The third-order valence-corrected chi connectivity index (χ3v) is 4.19. The summed E-state index contributed by atoms with van der Waals surface area (Å²) in [6, 6.07) is 11.6. The van der Waals surface area contributed by atoms with Gasteiger partial charge >= 0.3 is 0 Å². The van der Waals surface area contributed by atoms with Crippen LogP contribution in [0.3, 0.4) is 0 Å². The van der Waals surface area contributed by atoms with Gasteiger partial charge in [0.2, 0.25) is 0 Å². The molecule has 1 aromatic carbocycles. The molecule has 1 unspecified atom stereocenters. The number of benzene rings is 1. The lowest BCUT2D eigenvalue weighted by atomic mass is 9.98. The van der Waals surface area contributed by atoms with Gasteiger partial charge in [0.15, 0.2) is 5.78 Å². The summed E-state index contributed by atoms with van der Waals surface area (Å²) in [5.41, 5.74) is 3.58. The van der Waals surface area contributed by atoms with Crippen molar-refractivity contribution in [2.45, 2.75) is 25.9 Å². The Balaban J connectivity index is 2.02. The first-order valence-electron chi connectivity index (χ1n) is 7.21. The van der Waals surface area contributed by atoms with Gasteiger partial charge in [0.1, 0.15) is 11.3 Å². The van der Waals surface area contributed by atoms with Crippen LogP contribution in [0.4, 0.5) is 0 Å². The van der Waals surface area contributed by atoms with Crippen molar-refractivity contribution in [3.63, 3.8) is 0 Å². The number of hydrogen-bond donors (Lipinski definition) is 1. The molecule has 3 nitrogen and oxygen atoms in total. The number of halogens is 1. The summed E-state index contributed by atoms with van der Waals surface area (Å²) in [7, 11) is 0. The Morgan fingerprint density at radius 3 is 2.64 bits per heavy atom. The highest BCUT2D eigenvalue weighted by Gasteiger charge is 2.26. The van der Waals surface area contributed by atoms with E-state index in [1.807, 2.05) is 43.3 Å². The number of allylic oxidation sites excluding steroid dienone is 1. The van der Waals surface area contributed by atoms with E-state index in [9.17, 15) is 9.90 Å². The third-order valence-electron chi connectivity index (χ3n) is 3.89. The lowest BCUT2D eigenvalue weighted by molar-refractivity contribution is -0.115. The van der Waals surface area contributed by atoms with Crippen molar-refractivity contribution < 1.29 is 9.90 Å². The molecule has 0 radical (unpaired) electrons. The molecule has 3 rings (SSSR count). The van der Waals surface area contributed by atoms with Gasteiger partial charge in [-0.2, -0.15) is 0 Å². The number of ketones is 1. The van der Waals surface area contributed by atoms with Crippen LogP contribution in [0.15, 0.2) is 48.0 Å². The number of carbonyl (C=O) groups excluding carboxylic acids is 1. The van der Waals surface area contributed by atoms with Crippen LogP contribution in [-0.4, -0.2) is 15.9 Å². The van der Waals surface area contributed by atoms with E-state index >= 15 is 0 Å². The van der Waals surface area contributed by atoms with Crippen LogP contribution in [0.1, 0.15) is 30.1 Å². The van der Waals surface area contributed by atoms with Crippen molar-refractivity contribution >= 4 is 17.4 Å². The summed E-state index contributed by atoms with van der Waals surface area (Å²) >= 11 is 6.26. The van der Waals surface area contributed by atoms with Gasteiger partial charge in [-0.1, -0.05) is 48.0 Å². The lowest BCUT2D eigenvalue weighted by Gasteiger charge is -2.15. The molecule has 0 aliphatic heterocycles. The van der Waals surface area contributed by atoms with Gasteiger partial charge in [-0.15, -0.1) is 0 Å². The number of aliphatic hydroxyl groups is 1. The predicted octanol–water partition coefficient (Wildman–Crippen LogP) is 4.03. The molecule has 0 spiro atoms. The summed E-state index contributed by atoms with van der Waals surface area (Å²) in [5.74, 6) is -0.0200. The lowest BCUT2D eigenvalue weighted by Crippen LogP contribution is -2.09. The summed E-state index contributed by atoms with van der Waals surface area (Å²) in [4.78, 5) is 16.2. The monoisotopic (exact) mass is 313 g/mol. The minimum atomic E-state index is -1.00. The summed E-state index contributed by atoms with van der Waals surface area (Å²) < 4.78 is 0. The SMILES string of the molecule is Cc1cc(C(O)C2=CCCC2=O)c(Cl)nc1-c1ccccc1. The van der Waals surface area contributed by atoms with Gasteiger partial charge in [0.05, 0.1) is 5.69 Å². The van der Waals surface area contributed by atoms with E-state index in [0.717, 1.165) is 16.8 Å². The van der Waals surface area contributed by atoms with Crippen molar-refractivity contribution in [1.82, 2.24) is 4.98 Å². The second kappa shape index (κ2) is 6.03. The van der Waals surface area contributed by atoms with Gasteiger partial charge in [0.25, 0.3) is 0 Å². The molecule has 0 saturated carbocycles. The molecule has 1 atom stereocenters. The minimum absolute atomic E-state index is 0.0200. The highest BCUT2D eigenvalue weighted by molar-refractivity contribution is 6.30. The van der Waals surface area contributed by atoms with E-state index < -0.39 is 6.10 Å². The number of hydrogen-bond acceptors (Lipinski definition) is 3. The van der Waals surface area contributed by atoms with E-state index in [1.165, 1.54) is 0 Å². The molecule has 0 amide bonds. The van der Waals surface area contributed by atoms with Crippen molar-refractivity contribution in [1.29, 1.82) is 0 Å². The summed E-state index contributed by atoms with van der Waals surface area (Å²) in [5, 5.41) is 10.7. The molecule has 1 aliphatic carbocycles. The van der Waals surface area contributed by atoms with Gasteiger partial charge < -0.3 is 5.11 Å². The second-order valence-electron chi connectivity index (χ2n) is 5.42. The first kappa shape index (κ1) is 14.9. The molecule has 22 heavy (non-hydrogen) atoms. The predicted molar refractivity (Wildman–Crippen MR) is 86.7 cm³/mol. The second-order valence-corrected chi connectivity index (χ2v) is 5.78. The molecule has 2 aromatic rings. The van der Waals surface area contributed by atoms with Crippen LogP contribution in [0.5, 0.6) is 0 Å². The fourth-order valence-corrected chi connectivity index (χ4v) is 2.98. The molecule has 0 saturated heterocycles. The van der Waals surface area contributed by atoms with E-state index in [-0.39, 0.29) is 10.9 Å². The Hall–Kier alpha value is -1.97. The molecular formula is C18H16ClNO2. The summed E-state index contributed by atoms with van der Waals surface area (Å²) in [6.45, 7) is 1.92. The number of rotatable bonds is 3. The smallest absolute Gasteiger partial charge is 0.161 e. The molecule has 1 aromatic heterocycles. The first-order chi connectivity index (χ1) is 10.6. The molecule has 0 bridgehead atoms. The Morgan fingerprint density at radius 2 is 2.00 bits per heavy atom. The molecule has 1 aliphatic rings. The molecule has 4 heteroatoms. The van der Waals surface area contributed by atoms with Crippen LogP contribution >= 0.6 is 11.6 Å². The van der Waals surface area contributed by atoms with Crippen LogP contribution in [0.25, 0.3) is 11.3 Å². The van der Waals surface area contributed by atoms with Crippen LogP contribution < -0.4 is 0 Å². The average molecular weight is 314 g/mol. The zero-order valence-electron chi connectivity index (χ0n) is 12.2. The maximum Gasteiger partial charge on any atom is 0.161 e. The quantitative estimate of drug-likeness (QED) is 0.870. The van der Waals surface area contributed by atoms with Crippen molar-refractivity contribution in [2.75, 3.05) is 0 Å². The Kier molecular flexibility index (Phi) is 4.10. The average Bonchev–Trinajstić information content (AvgIpc) is 2.95. The van der Waals surface area contributed by atoms with Gasteiger partial charge in [-0.25, -0.2) is 4.98 Å². The van der Waals surface area contributed by atoms with Crippen molar-refractivity contribution in [3.05, 3.63) is 64.3 Å². The zero-order chi connectivity index (χ0) is 15.7. The van der Waals surface area contributed by atoms with E-state index in [2.05, 4.69) is 4.98 Å². The number of carbonyl (C=O) groups is 1. The van der Waals surface area contributed by atoms with E-state index in [0.29, 0.717) is 24.0 Å². The Labute approximate surface area is 134 Å². The van der Waals surface area contributed by atoms with Crippen LogP contribution in [0, 0.1) is 6.92 Å². The third kappa shape index (κ3) is 2.70. The minimum Gasteiger partial charge on any atom is -0.383 e. The number of aromatic nitrogens is 1. The molecular weight excluding hydrogens is 298 g/mol. The standard InChI is InChI=1S/C18H16ClNO2/c1-11-10-14(17(22)13-8-5-9-15(13)21)18(19)20-16(11)12-6-3-2-4-7-12/h2-4,6-8,10,17,22H,5,9H2,1H3. The van der Waals surface area contributed by atoms with E-state index in [4.69, 9.17) is 11.6 Å². The normalized spacial score (nSPS) is 15.8. The number of pyridine rings is 1. The van der Waals surface area contributed by atoms with Gasteiger partial charge in [0, 0.05) is 23.1 Å². The van der Waals surface area contributed by atoms with E-state index in [1.54, 1.807) is 6.08 Å². The highest BCUT2D eigenvalue weighted by Crippen LogP contribution is 2.34. The molecule has 0 fully saturated rings. The fourth-order valence-electron chi connectivity index (χ4n) is 2.74. The van der Waals surface area contributed by atoms with Crippen molar-refractivity contribution in [3.8, 4) is 11.3 Å². The molecule has 1 N–H and O–H groups in total. The van der Waals surface area contributed by atoms with Crippen LogP contribution in [0.2, 0.25) is 5.15 Å². The van der Waals surface area contributed by atoms with Crippen LogP contribution in [-0.2, 0) is 4.79 Å². The number of aryl methyl sites for hydroxylation is 1. The number of nitrogens with zero attached hydrogens (tertiary/aromatic N) is 1. The fraction of sp³-hybridized carbons (Fsp3) is 0.222. The number of aliphatic hydroxyl groups excluding tert-OH is 1. The van der Waals surface area contributed by atoms with Crippen molar-refractivity contribution in [2.24, 2.45) is 0 Å². The highest BCUT2D eigenvalue weighted by atomic mass is 35.5. The maximum absolute atomic E-state index is 11.8. The number of Topliss-reactive ketones (excluding diaryl/α,β-unsaturated/α-hetero) is 1. The Morgan fingerprint density at radius 1 is 1.27 bits per heavy atom. The molecule has 1 heterocycles. The van der Waals surface area contributed by atoms with Gasteiger partial charge in [-0.05, 0) is 25.0 Å². The Bertz CT molecular complexity index is 753. The maximum atomic E-state index is 11.8. The first-order valence-corrected chi connectivity index (χ1v) is 7.59. The summed E-state index contributed by atoms with van der Waals surface area (Å²) in [6.07, 6.45) is 1.91. The molecule has 112 valence electrons. The largest absolute Gasteiger partial charge is 0.383 e. The van der Waals surface area contributed by atoms with Gasteiger partial charge in [-0.3, -0.25) is 4.79 Å².